The van der Waals surface area contributed by atoms with E-state index in [1.54, 1.807) is 11.8 Å². The summed E-state index contributed by atoms with van der Waals surface area (Å²) >= 11 is 0. The quantitative estimate of drug-likeness (QED) is 0.774. The first-order valence-corrected chi connectivity index (χ1v) is 7.31. The first-order valence-electron chi connectivity index (χ1n) is 7.31. The molecule has 1 amide bonds. The van der Waals surface area contributed by atoms with Gasteiger partial charge in [-0.15, -0.1) is 0 Å². The predicted octanol–water partition coefficient (Wildman–Crippen LogP) is 1.78. The van der Waals surface area contributed by atoms with Crippen molar-refractivity contribution in [3.05, 3.63) is 17.0 Å². The van der Waals surface area contributed by atoms with Gasteiger partial charge >= 0.3 is 5.97 Å². The van der Waals surface area contributed by atoms with Gasteiger partial charge in [-0.3, -0.25) is 9.59 Å². The van der Waals surface area contributed by atoms with Gasteiger partial charge in [0.05, 0.1) is 19.2 Å². The van der Waals surface area contributed by atoms with Crippen molar-refractivity contribution in [3.63, 3.8) is 0 Å². The minimum Gasteiger partial charge on any atom is -0.468 e. The Kier molecular flexibility index (Phi) is 4.98. The number of methoxy groups -OCH3 is 1. The van der Waals surface area contributed by atoms with Crippen LogP contribution in [0.1, 0.15) is 42.7 Å². The number of aryl methyl sites for hydroxylation is 2. The molecule has 21 heavy (non-hydrogen) atoms. The molecule has 0 saturated heterocycles. The highest BCUT2D eigenvalue weighted by atomic mass is 16.5. The average molecular weight is 294 g/mol. The van der Waals surface area contributed by atoms with Crippen LogP contribution in [-0.2, 0) is 20.7 Å². The predicted molar refractivity (Wildman–Crippen MR) is 75.7 cm³/mol. The number of esters is 1. The average Bonchev–Trinajstić information content (AvgIpc) is 3.09. The van der Waals surface area contributed by atoms with Crippen molar-refractivity contribution in [1.82, 2.24) is 10.1 Å². The molecule has 0 bridgehead atoms. The third-order valence-corrected chi connectivity index (χ3v) is 4.12. The molecule has 1 heterocycles. The van der Waals surface area contributed by atoms with E-state index in [1.807, 2.05) is 6.92 Å². The Labute approximate surface area is 124 Å². The van der Waals surface area contributed by atoms with Gasteiger partial charge < -0.3 is 14.2 Å². The molecule has 6 heteroatoms. The van der Waals surface area contributed by atoms with E-state index in [2.05, 4.69) is 5.16 Å². The second-order valence-electron chi connectivity index (χ2n) is 5.52. The van der Waals surface area contributed by atoms with Gasteiger partial charge in [0, 0.05) is 11.6 Å². The zero-order valence-corrected chi connectivity index (χ0v) is 12.8. The summed E-state index contributed by atoms with van der Waals surface area (Å²) in [4.78, 5) is 25.8. The molecule has 0 aliphatic heterocycles. The fourth-order valence-electron chi connectivity index (χ4n) is 2.85. The van der Waals surface area contributed by atoms with Crippen molar-refractivity contribution in [3.8, 4) is 0 Å². The monoisotopic (exact) mass is 294 g/mol. The number of rotatable bonds is 5. The third kappa shape index (κ3) is 3.62. The van der Waals surface area contributed by atoms with Gasteiger partial charge in [0.2, 0.25) is 5.91 Å². The number of ether oxygens (including phenoxy) is 1. The molecule has 1 fully saturated rings. The molecule has 0 radical (unpaired) electrons. The number of hydrogen-bond donors (Lipinski definition) is 0. The van der Waals surface area contributed by atoms with Gasteiger partial charge in [0.25, 0.3) is 0 Å². The van der Waals surface area contributed by atoms with Crippen LogP contribution < -0.4 is 0 Å². The minimum atomic E-state index is -0.381. The zero-order valence-electron chi connectivity index (χ0n) is 12.8. The van der Waals surface area contributed by atoms with Gasteiger partial charge in [0.1, 0.15) is 12.3 Å². The Morgan fingerprint density at radius 2 is 2.00 bits per heavy atom. The number of carbonyl (C=O) groups is 2. The van der Waals surface area contributed by atoms with Crippen molar-refractivity contribution >= 4 is 11.9 Å². The highest BCUT2D eigenvalue weighted by Crippen LogP contribution is 2.25. The molecule has 0 spiro atoms. The van der Waals surface area contributed by atoms with E-state index in [4.69, 9.17) is 9.26 Å². The molecule has 0 N–H and O–H groups in total. The zero-order chi connectivity index (χ0) is 15.4. The smallest absolute Gasteiger partial charge is 0.325 e. The van der Waals surface area contributed by atoms with E-state index in [9.17, 15) is 9.59 Å². The summed E-state index contributed by atoms with van der Waals surface area (Å²) in [6, 6.07) is 0.136. The van der Waals surface area contributed by atoms with E-state index in [1.165, 1.54) is 7.11 Å². The van der Waals surface area contributed by atoms with Crippen molar-refractivity contribution in [2.24, 2.45) is 0 Å². The summed E-state index contributed by atoms with van der Waals surface area (Å²) in [6.07, 6.45) is 4.31. The standard InChI is InChI=1S/C15H22N2O4/c1-10-13(11(2)21-16-10)8-14(18)17(9-15(19)20-3)12-6-4-5-7-12/h12H,4-9H2,1-3H3. The van der Waals surface area contributed by atoms with Crippen LogP contribution in [0.15, 0.2) is 4.52 Å². The Morgan fingerprint density at radius 1 is 1.33 bits per heavy atom. The second-order valence-corrected chi connectivity index (χ2v) is 5.52. The van der Waals surface area contributed by atoms with Crippen LogP contribution >= 0.6 is 0 Å². The van der Waals surface area contributed by atoms with E-state index in [0.717, 1.165) is 36.9 Å². The Bertz CT molecular complexity index is 498. The van der Waals surface area contributed by atoms with E-state index < -0.39 is 0 Å². The molecule has 0 atom stereocenters. The fraction of sp³-hybridized carbons (Fsp3) is 0.667. The maximum atomic E-state index is 12.6. The Hall–Kier alpha value is -1.85. The van der Waals surface area contributed by atoms with Crippen LogP contribution in [0.25, 0.3) is 0 Å². The van der Waals surface area contributed by atoms with E-state index in [0.29, 0.717) is 5.76 Å². The van der Waals surface area contributed by atoms with E-state index in [-0.39, 0.29) is 30.9 Å². The van der Waals surface area contributed by atoms with Crippen LogP contribution in [0, 0.1) is 13.8 Å². The van der Waals surface area contributed by atoms with Crippen molar-refractivity contribution in [2.45, 2.75) is 52.0 Å². The molecule has 1 aromatic heterocycles. The summed E-state index contributed by atoms with van der Waals surface area (Å²) in [6.45, 7) is 3.63. The van der Waals surface area contributed by atoms with Crippen LogP contribution in [0.3, 0.4) is 0 Å². The molecular weight excluding hydrogens is 272 g/mol. The van der Waals surface area contributed by atoms with Crippen LogP contribution in [-0.4, -0.2) is 41.6 Å². The Morgan fingerprint density at radius 3 is 2.52 bits per heavy atom. The van der Waals surface area contributed by atoms with Crippen molar-refractivity contribution in [1.29, 1.82) is 0 Å². The number of hydrogen-bond acceptors (Lipinski definition) is 5. The summed E-state index contributed by atoms with van der Waals surface area (Å²) in [7, 11) is 1.34. The maximum absolute atomic E-state index is 12.6. The van der Waals surface area contributed by atoms with Gasteiger partial charge in [-0.25, -0.2) is 0 Å². The lowest BCUT2D eigenvalue weighted by Gasteiger charge is -2.28. The maximum Gasteiger partial charge on any atom is 0.325 e. The first kappa shape index (κ1) is 15.5. The second kappa shape index (κ2) is 6.74. The highest BCUT2D eigenvalue weighted by molar-refractivity contribution is 5.84. The molecule has 1 aliphatic carbocycles. The molecule has 1 saturated carbocycles. The molecular formula is C15H22N2O4. The van der Waals surface area contributed by atoms with Crippen molar-refractivity contribution < 1.29 is 18.8 Å². The van der Waals surface area contributed by atoms with Crippen LogP contribution in [0.2, 0.25) is 0 Å². The molecule has 1 aliphatic rings. The van der Waals surface area contributed by atoms with Gasteiger partial charge in [0.15, 0.2) is 0 Å². The van der Waals surface area contributed by atoms with Gasteiger partial charge in [-0.1, -0.05) is 18.0 Å². The lowest BCUT2D eigenvalue weighted by Crippen LogP contribution is -2.43. The lowest BCUT2D eigenvalue weighted by molar-refractivity contribution is -0.148. The lowest BCUT2D eigenvalue weighted by atomic mass is 10.1. The number of aromatic nitrogens is 1. The number of carbonyl (C=O) groups excluding carboxylic acids is 2. The molecule has 0 aromatic carbocycles. The van der Waals surface area contributed by atoms with E-state index >= 15 is 0 Å². The first-order chi connectivity index (χ1) is 10.0. The Balaban J connectivity index is 2.11. The largest absolute Gasteiger partial charge is 0.468 e. The SMILES string of the molecule is COC(=O)CN(C(=O)Cc1c(C)noc1C)C1CCCC1. The number of amides is 1. The van der Waals surface area contributed by atoms with Gasteiger partial charge in [-0.05, 0) is 26.7 Å². The summed E-state index contributed by atoms with van der Waals surface area (Å²) in [5, 5.41) is 3.87. The minimum absolute atomic E-state index is 0.0172. The van der Waals surface area contributed by atoms with Crippen LogP contribution in [0.5, 0.6) is 0 Å². The van der Waals surface area contributed by atoms with Gasteiger partial charge in [-0.2, -0.15) is 0 Å². The molecule has 6 nitrogen and oxygen atoms in total. The molecule has 116 valence electrons. The summed E-state index contributed by atoms with van der Waals surface area (Å²) in [5.74, 6) is 0.209. The molecule has 0 unspecified atom stereocenters. The number of nitrogens with zero attached hydrogens (tertiary/aromatic N) is 2. The fourth-order valence-corrected chi connectivity index (χ4v) is 2.85. The summed E-state index contributed by atoms with van der Waals surface area (Å²) < 4.78 is 9.80. The summed E-state index contributed by atoms with van der Waals surface area (Å²) in [5.41, 5.74) is 1.54. The highest BCUT2D eigenvalue weighted by Gasteiger charge is 2.29. The molecule has 2 rings (SSSR count). The normalized spacial score (nSPS) is 15.2. The van der Waals surface area contributed by atoms with Crippen LogP contribution in [0.4, 0.5) is 0 Å². The third-order valence-electron chi connectivity index (χ3n) is 4.12. The topological polar surface area (TPSA) is 72.6 Å². The van der Waals surface area contributed by atoms with Crippen molar-refractivity contribution in [2.75, 3.05) is 13.7 Å². The molecule has 1 aromatic rings.